The molecule has 136 valence electrons. The third kappa shape index (κ3) is 5.86. The van der Waals surface area contributed by atoms with Crippen LogP contribution in [-0.4, -0.2) is 32.6 Å². The fourth-order valence-corrected chi connectivity index (χ4v) is 2.07. The lowest BCUT2D eigenvalue weighted by atomic mass is 10.2. The van der Waals surface area contributed by atoms with E-state index >= 15 is 0 Å². The van der Waals surface area contributed by atoms with E-state index in [1.54, 1.807) is 48.5 Å². The maximum atomic E-state index is 12.1. The summed E-state index contributed by atoms with van der Waals surface area (Å²) in [5.41, 5.74) is 6.38. The summed E-state index contributed by atoms with van der Waals surface area (Å²) in [6.07, 6.45) is 3.07. The molecular formula is C19H20N2O5. The highest BCUT2D eigenvalue weighted by Crippen LogP contribution is 2.25. The van der Waals surface area contributed by atoms with Crippen molar-refractivity contribution in [3.63, 3.8) is 0 Å². The van der Waals surface area contributed by atoms with Crippen LogP contribution in [0, 0.1) is 0 Å². The molecule has 2 amide bonds. The number of hydrogen-bond acceptors (Lipinski definition) is 5. The molecule has 0 fully saturated rings. The number of ether oxygens (including phenoxy) is 3. The molecule has 3 N–H and O–H groups in total. The van der Waals surface area contributed by atoms with Gasteiger partial charge in [0.25, 0.3) is 5.91 Å². The first-order valence-electron chi connectivity index (χ1n) is 7.73. The number of amides is 2. The second-order valence-electron chi connectivity index (χ2n) is 5.25. The van der Waals surface area contributed by atoms with Crippen LogP contribution in [0.15, 0.2) is 48.5 Å². The Hall–Kier alpha value is -3.48. The minimum absolute atomic E-state index is 0.179. The largest absolute Gasteiger partial charge is 0.497 e. The molecule has 0 spiro atoms. The molecule has 2 rings (SSSR count). The summed E-state index contributed by atoms with van der Waals surface area (Å²) in [6.45, 7) is -0.179. The first-order chi connectivity index (χ1) is 12.5. The van der Waals surface area contributed by atoms with Gasteiger partial charge in [-0.1, -0.05) is 12.1 Å². The Kier molecular flexibility index (Phi) is 6.61. The van der Waals surface area contributed by atoms with E-state index in [0.717, 1.165) is 5.56 Å². The first-order valence-corrected chi connectivity index (χ1v) is 7.73. The highest BCUT2D eigenvalue weighted by Gasteiger charge is 2.04. The standard InChI is InChI=1S/C19H20N2O5/c1-24-16-9-14(10-17(11-16)25-2)21-19(23)8-5-13-3-6-15(7-4-13)26-12-18(20)22/h3-11H,12H2,1-2H3,(H2,20,22)(H,21,23)/b8-5+. The lowest BCUT2D eigenvalue weighted by Gasteiger charge is -2.08. The van der Waals surface area contributed by atoms with Gasteiger partial charge in [0.15, 0.2) is 6.61 Å². The number of carbonyl (C=O) groups is 2. The molecule has 0 radical (unpaired) electrons. The van der Waals surface area contributed by atoms with Crippen LogP contribution < -0.4 is 25.3 Å². The predicted octanol–water partition coefficient (Wildman–Crippen LogP) is 2.22. The monoisotopic (exact) mass is 356 g/mol. The molecule has 0 heterocycles. The van der Waals surface area contributed by atoms with Crippen molar-refractivity contribution in [3.8, 4) is 17.2 Å². The zero-order chi connectivity index (χ0) is 18.9. The van der Waals surface area contributed by atoms with Crippen LogP contribution in [-0.2, 0) is 9.59 Å². The highest BCUT2D eigenvalue weighted by atomic mass is 16.5. The molecule has 0 unspecified atom stereocenters. The van der Waals surface area contributed by atoms with Crippen molar-refractivity contribution in [3.05, 3.63) is 54.1 Å². The van der Waals surface area contributed by atoms with Crippen molar-refractivity contribution in [2.75, 3.05) is 26.1 Å². The zero-order valence-electron chi connectivity index (χ0n) is 14.5. The fraction of sp³-hybridized carbons (Fsp3) is 0.158. The molecule has 0 saturated carbocycles. The summed E-state index contributed by atoms with van der Waals surface area (Å²) in [7, 11) is 3.08. The molecule has 0 aliphatic rings. The number of primary amides is 1. The Labute approximate surface area is 151 Å². The van der Waals surface area contributed by atoms with E-state index < -0.39 is 5.91 Å². The van der Waals surface area contributed by atoms with Gasteiger partial charge in [0.05, 0.1) is 14.2 Å². The van der Waals surface area contributed by atoms with Crippen LogP contribution in [0.5, 0.6) is 17.2 Å². The third-order valence-electron chi connectivity index (χ3n) is 3.31. The SMILES string of the molecule is COc1cc(NC(=O)/C=C/c2ccc(OCC(N)=O)cc2)cc(OC)c1. The van der Waals surface area contributed by atoms with Gasteiger partial charge < -0.3 is 25.3 Å². The van der Waals surface area contributed by atoms with Crippen molar-refractivity contribution in [2.45, 2.75) is 0 Å². The van der Waals surface area contributed by atoms with E-state index in [0.29, 0.717) is 22.9 Å². The number of benzene rings is 2. The van der Waals surface area contributed by atoms with Crippen LogP contribution in [0.3, 0.4) is 0 Å². The van der Waals surface area contributed by atoms with Gasteiger partial charge in [0.1, 0.15) is 17.2 Å². The molecule has 0 aliphatic heterocycles. The Morgan fingerprint density at radius 1 is 1.00 bits per heavy atom. The van der Waals surface area contributed by atoms with E-state index in [4.69, 9.17) is 19.9 Å². The molecule has 7 heteroatoms. The van der Waals surface area contributed by atoms with Crippen LogP contribution in [0.1, 0.15) is 5.56 Å². The summed E-state index contributed by atoms with van der Waals surface area (Å²) < 4.78 is 15.5. The molecule has 0 aromatic heterocycles. The maximum absolute atomic E-state index is 12.1. The van der Waals surface area contributed by atoms with E-state index in [1.165, 1.54) is 20.3 Å². The second-order valence-corrected chi connectivity index (χ2v) is 5.25. The van der Waals surface area contributed by atoms with E-state index in [9.17, 15) is 9.59 Å². The number of nitrogens with two attached hydrogens (primary N) is 1. The Morgan fingerprint density at radius 3 is 2.15 bits per heavy atom. The quantitative estimate of drug-likeness (QED) is 0.707. The third-order valence-corrected chi connectivity index (χ3v) is 3.31. The topological polar surface area (TPSA) is 99.9 Å². The van der Waals surface area contributed by atoms with Gasteiger partial charge in [-0.3, -0.25) is 9.59 Å². The Bertz CT molecular complexity index is 778. The molecule has 0 saturated heterocycles. The number of rotatable bonds is 8. The minimum Gasteiger partial charge on any atom is -0.497 e. The van der Waals surface area contributed by atoms with Crippen LogP contribution in [0.4, 0.5) is 5.69 Å². The van der Waals surface area contributed by atoms with Crippen molar-refractivity contribution in [1.82, 2.24) is 0 Å². The predicted molar refractivity (Wildman–Crippen MR) is 98.3 cm³/mol. The molecule has 26 heavy (non-hydrogen) atoms. The van der Waals surface area contributed by atoms with E-state index in [2.05, 4.69) is 5.32 Å². The highest BCUT2D eigenvalue weighted by molar-refractivity contribution is 6.02. The van der Waals surface area contributed by atoms with Crippen molar-refractivity contribution in [2.24, 2.45) is 5.73 Å². The maximum Gasteiger partial charge on any atom is 0.255 e. The number of anilines is 1. The Balaban J connectivity index is 1.97. The lowest BCUT2D eigenvalue weighted by molar-refractivity contribution is -0.120. The fourth-order valence-electron chi connectivity index (χ4n) is 2.07. The van der Waals surface area contributed by atoms with Crippen molar-refractivity contribution in [1.29, 1.82) is 0 Å². The number of hydrogen-bond donors (Lipinski definition) is 2. The summed E-state index contributed by atoms with van der Waals surface area (Å²) in [5, 5.41) is 2.74. The smallest absolute Gasteiger partial charge is 0.255 e. The van der Waals surface area contributed by atoms with Crippen LogP contribution in [0.25, 0.3) is 6.08 Å². The molecule has 7 nitrogen and oxygen atoms in total. The molecule has 2 aromatic carbocycles. The second kappa shape index (κ2) is 9.12. The Morgan fingerprint density at radius 2 is 1.62 bits per heavy atom. The zero-order valence-corrected chi connectivity index (χ0v) is 14.5. The van der Waals surface area contributed by atoms with Crippen molar-refractivity contribution >= 4 is 23.6 Å². The molecule has 2 aromatic rings. The summed E-state index contributed by atoms with van der Waals surface area (Å²) in [4.78, 5) is 22.7. The van der Waals surface area contributed by atoms with Gasteiger partial charge in [-0.05, 0) is 23.8 Å². The van der Waals surface area contributed by atoms with Crippen molar-refractivity contribution < 1.29 is 23.8 Å². The summed E-state index contributed by atoms with van der Waals surface area (Å²) in [5.74, 6) is 0.841. The van der Waals surface area contributed by atoms with E-state index in [-0.39, 0.29) is 12.5 Å². The molecular weight excluding hydrogens is 336 g/mol. The first kappa shape index (κ1) is 18.9. The van der Waals surface area contributed by atoms with E-state index in [1.807, 2.05) is 0 Å². The van der Waals surface area contributed by atoms with Gasteiger partial charge in [0, 0.05) is 30.0 Å². The van der Waals surface area contributed by atoms with Crippen LogP contribution in [0.2, 0.25) is 0 Å². The molecule has 0 bridgehead atoms. The summed E-state index contributed by atoms with van der Waals surface area (Å²) in [6, 6.07) is 12.0. The van der Waals surface area contributed by atoms with Gasteiger partial charge in [0.2, 0.25) is 5.91 Å². The minimum atomic E-state index is -0.542. The van der Waals surface area contributed by atoms with Gasteiger partial charge in [-0.15, -0.1) is 0 Å². The molecule has 0 aliphatic carbocycles. The van der Waals surface area contributed by atoms with Gasteiger partial charge in [-0.2, -0.15) is 0 Å². The number of nitrogens with one attached hydrogen (secondary N) is 1. The van der Waals surface area contributed by atoms with Gasteiger partial charge >= 0.3 is 0 Å². The molecule has 0 atom stereocenters. The average Bonchev–Trinajstić information content (AvgIpc) is 2.65. The number of methoxy groups -OCH3 is 2. The summed E-state index contributed by atoms with van der Waals surface area (Å²) >= 11 is 0. The number of carbonyl (C=O) groups excluding carboxylic acids is 2. The van der Waals surface area contributed by atoms with Crippen LogP contribution >= 0.6 is 0 Å². The lowest BCUT2D eigenvalue weighted by Crippen LogP contribution is -2.19. The normalized spacial score (nSPS) is 10.4. The average molecular weight is 356 g/mol. The van der Waals surface area contributed by atoms with Gasteiger partial charge in [-0.25, -0.2) is 0 Å².